The quantitative estimate of drug-likeness (QED) is 0.301. The standard InChI is InChI=1S/C35H46N4O2/c1-25-20-29(8-11-31(25)41-2)35-16-13-34(14-17-35,15-18-35)24-39(33(40)26-6-4-3-5-7-26)32-21-27(12-19-37-32)28(22-36)23-38-30-9-10-30/h8,11-12,19-23,26,30,36,38H,3-7,9-10,13-18,24H2,1-2H3/b28-23+,36-22?. The van der Waals surface area contributed by atoms with E-state index in [1.165, 1.54) is 55.9 Å². The molecule has 1 amide bonds. The molecule has 0 aliphatic heterocycles. The highest BCUT2D eigenvalue weighted by atomic mass is 16.5. The van der Waals surface area contributed by atoms with Crippen molar-refractivity contribution in [2.24, 2.45) is 11.3 Å². The molecule has 218 valence electrons. The van der Waals surface area contributed by atoms with Crippen LogP contribution >= 0.6 is 0 Å². The van der Waals surface area contributed by atoms with E-state index < -0.39 is 0 Å². The number of fused-ring (bicyclic) bond motifs is 3. The fourth-order valence-electron chi connectivity index (χ4n) is 7.73. The van der Waals surface area contributed by atoms with Crippen LogP contribution in [0, 0.1) is 23.7 Å². The van der Waals surface area contributed by atoms with Gasteiger partial charge in [0, 0.05) is 42.7 Å². The molecule has 2 bridgehead atoms. The molecule has 6 nitrogen and oxygen atoms in total. The molecular formula is C35H46N4O2. The van der Waals surface area contributed by atoms with E-state index in [9.17, 15) is 4.79 Å². The lowest BCUT2D eigenvalue weighted by Crippen LogP contribution is -2.51. The van der Waals surface area contributed by atoms with E-state index in [1.54, 1.807) is 7.11 Å². The molecule has 5 aliphatic rings. The minimum absolute atomic E-state index is 0.0911. The van der Waals surface area contributed by atoms with Gasteiger partial charge in [-0.2, -0.15) is 0 Å². The Bertz CT molecular complexity index is 1280. The van der Waals surface area contributed by atoms with Crippen LogP contribution < -0.4 is 15.0 Å². The van der Waals surface area contributed by atoms with Crippen molar-refractivity contribution in [2.45, 2.75) is 102 Å². The Morgan fingerprint density at radius 2 is 1.78 bits per heavy atom. The van der Waals surface area contributed by atoms with Gasteiger partial charge in [-0.15, -0.1) is 0 Å². The summed E-state index contributed by atoms with van der Waals surface area (Å²) in [5.41, 5.74) is 4.82. The van der Waals surface area contributed by atoms with E-state index in [4.69, 9.17) is 15.1 Å². The first kappa shape index (κ1) is 28.0. The van der Waals surface area contributed by atoms with Crippen molar-refractivity contribution in [1.29, 1.82) is 5.41 Å². The van der Waals surface area contributed by atoms with E-state index in [2.05, 4.69) is 35.3 Å². The summed E-state index contributed by atoms with van der Waals surface area (Å²) in [4.78, 5) is 21.0. The highest BCUT2D eigenvalue weighted by molar-refractivity contribution is 6.08. The van der Waals surface area contributed by atoms with Crippen LogP contribution in [0.15, 0.2) is 42.7 Å². The molecule has 5 fully saturated rings. The number of nitrogens with one attached hydrogen (secondary N) is 2. The molecule has 5 aliphatic carbocycles. The van der Waals surface area contributed by atoms with Gasteiger partial charge >= 0.3 is 0 Å². The van der Waals surface area contributed by atoms with Crippen LogP contribution in [0.5, 0.6) is 5.75 Å². The molecule has 0 unspecified atom stereocenters. The fourth-order valence-corrected chi connectivity index (χ4v) is 7.73. The maximum atomic E-state index is 14.2. The van der Waals surface area contributed by atoms with E-state index in [1.807, 2.05) is 24.5 Å². The van der Waals surface area contributed by atoms with Crippen molar-refractivity contribution >= 4 is 23.5 Å². The molecule has 0 radical (unpaired) electrons. The highest BCUT2D eigenvalue weighted by Gasteiger charge is 2.50. The molecule has 2 N–H and O–H groups in total. The zero-order valence-corrected chi connectivity index (χ0v) is 24.9. The summed E-state index contributed by atoms with van der Waals surface area (Å²) in [5.74, 6) is 2.06. The smallest absolute Gasteiger partial charge is 0.231 e. The lowest BCUT2D eigenvalue weighted by atomic mass is 9.51. The Morgan fingerprint density at radius 1 is 1.05 bits per heavy atom. The topological polar surface area (TPSA) is 78.3 Å². The molecule has 0 spiro atoms. The third kappa shape index (κ3) is 5.80. The van der Waals surface area contributed by atoms with Crippen LogP contribution in [0.25, 0.3) is 5.57 Å². The SMILES string of the molecule is COc1ccc(C23CCC(CN(C(=O)C4CCCCC4)c4cc(/C(C=N)=C/NC5CC5)ccn4)(CC2)CC3)cc1C. The number of allylic oxidation sites excluding steroid dienone is 1. The molecule has 2 aromatic rings. The molecule has 1 aromatic carbocycles. The van der Waals surface area contributed by atoms with E-state index in [-0.39, 0.29) is 22.7 Å². The van der Waals surface area contributed by atoms with Gasteiger partial charge in [-0.1, -0.05) is 31.4 Å². The first-order chi connectivity index (χ1) is 19.9. The lowest BCUT2D eigenvalue weighted by molar-refractivity contribution is -0.124. The third-order valence-corrected chi connectivity index (χ3v) is 10.7. The zero-order chi connectivity index (χ0) is 28.5. The Labute approximate surface area is 245 Å². The van der Waals surface area contributed by atoms with E-state index >= 15 is 0 Å². The van der Waals surface area contributed by atoms with Gasteiger partial charge in [-0.25, -0.2) is 4.98 Å². The number of aromatic nitrogens is 1. The number of hydrogen-bond acceptors (Lipinski definition) is 5. The number of pyridine rings is 1. The molecule has 7 rings (SSSR count). The summed E-state index contributed by atoms with van der Waals surface area (Å²) in [6.07, 6.45) is 20.0. The fraction of sp³-hybridized carbons (Fsp3) is 0.571. The van der Waals surface area contributed by atoms with Crippen LogP contribution in [0.1, 0.15) is 100 Å². The molecule has 0 saturated heterocycles. The second kappa shape index (κ2) is 11.6. The molecule has 41 heavy (non-hydrogen) atoms. The first-order valence-corrected chi connectivity index (χ1v) is 15.8. The number of benzene rings is 1. The summed E-state index contributed by atoms with van der Waals surface area (Å²) >= 11 is 0. The Hall–Kier alpha value is -3.15. The number of anilines is 1. The van der Waals surface area contributed by atoms with Crippen LogP contribution in [-0.2, 0) is 10.2 Å². The molecule has 5 saturated carbocycles. The molecule has 6 heteroatoms. The highest BCUT2D eigenvalue weighted by Crippen LogP contribution is 2.58. The van der Waals surface area contributed by atoms with Crippen LogP contribution in [0.4, 0.5) is 5.82 Å². The van der Waals surface area contributed by atoms with Gasteiger partial charge in [0.1, 0.15) is 11.6 Å². The van der Waals surface area contributed by atoms with Crippen molar-refractivity contribution in [3.63, 3.8) is 0 Å². The van der Waals surface area contributed by atoms with Gasteiger partial charge in [-0.3, -0.25) is 9.69 Å². The van der Waals surface area contributed by atoms with Crippen molar-refractivity contribution < 1.29 is 9.53 Å². The Balaban J connectivity index is 1.25. The van der Waals surface area contributed by atoms with E-state index in [0.717, 1.165) is 74.2 Å². The number of carbonyl (C=O) groups is 1. The number of aryl methyl sites for hydroxylation is 1. The summed E-state index contributed by atoms with van der Waals surface area (Å²) in [6, 6.07) is 11.3. The normalized spacial score (nSPS) is 26.4. The lowest BCUT2D eigenvalue weighted by Gasteiger charge is -2.55. The maximum Gasteiger partial charge on any atom is 0.231 e. The first-order valence-electron chi connectivity index (χ1n) is 15.8. The second-order valence-electron chi connectivity index (χ2n) is 13.3. The minimum Gasteiger partial charge on any atom is -0.496 e. The molecule has 0 atom stereocenters. The van der Waals surface area contributed by atoms with Crippen LogP contribution in [0.2, 0.25) is 0 Å². The van der Waals surface area contributed by atoms with Gasteiger partial charge in [0.2, 0.25) is 5.91 Å². The van der Waals surface area contributed by atoms with Gasteiger partial charge < -0.3 is 15.5 Å². The number of ether oxygens (including phenoxy) is 1. The largest absolute Gasteiger partial charge is 0.496 e. The minimum atomic E-state index is 0.0911. The molecule has 1 heterocycles. The predicted octanol–water partition coefficient (Wildman–Crippen LogP) is 7.35. The zero-order valence-electron chi connectivity index (χ0n) is 24.9. The third-order valence-electron chi connectivity index (χ3n) is 10.7. The predicted molar refractivity (Wildman–Crippen MR) is 166 cm³/mol. The van der Waals surface area contributed by atoms with E-state index in [0.29, 0.717) is 6.04 Å². The monoisotopic (exact) mass is 554 g/mol. The van der Waals surface area contributed by atoms with Gasteiger partial charge in [0.15, 0.2) is 0 Å². The van der Waals surface area contributed by atoms with Crippen LogP contribution in [0.3, 0.4) is 0 Å². The molecule has 1 aromatic heterocycles. The average molecular weight is 555 g/mol. The Morgan fingerprint density at radius 3 is 2.41 bits per heavy atom. The average Bonchev–Trinajstić information content (AvgIpc) is 3.86. The summed E-state index contributed by atoms with van der Waals surface area (Å²) < 4.78 is 5.53. The Kier molecular flexibility index (Phi) is 7.93. The number of hydrogen-bond donors (Lipinski definition) is 2. The van der Waals surface area contributed by atoms with Crippen LogP contribution in [-0.4, -0.2) is 36.8 Å². The second-order valence-corrected chi connectivity index (χ2v) is 13.3. The van der Waals surface area contributed by atoms with Crippen molar-refractivity contribution in [3.8, 4) is 5.75 Å². The number of rotatable bonds is 10. The van der Waals surface area contributed by atoms with Gasteiger partial charge in [-0.05, 0) is 117 Å². The maximum absolute atomic E-state index is 14.2. The number of carbonyl (C=O) groups excluding carboxylic acids is 1. The molecular weight excluding hydrogens is 508 g/mol. The summed E-state index contributed by atoms with van der Waals surface area (Å²) in [5, 5.41) is 11.5. The van der Waals surface area contributed by atoms with Gasteiger partial charge in [0.05, 0.1) is 7.11 Å². The van der Waals surface area contributed by atoms with Gasteiger partial charge in [0.25, 0.3) is 0 Å². The van der Waals surface area contributed by atoms with Crippen molar-refractivity contribution in [3.05, 3.63) is 59.4 Å². The van der Waals surface area contributed by atoms with Crippen molar-refractivity contribution in [1.82, 2.24) is 10.3 Å². The number of amides is 1. The summed E-state index contributed by atoms with van der Waals surface area (Å²) in [6.45, 7) is 2.90. The number of nitrogens with zero attached hydrogens (tertiary/aromatic N) is 2. The number of methoxy groups -OCH3 is 1. The van der Waals surface area contributed by atoms with Crippen molar-refractivity contribution in [2.75, 3.05) is 18.6 Å². The summed E-state index contributed by atoms with van der Waals surface area (Å²) in [7, 11) is 1.74.